The van der Waals surface area contributed by atoms with Gasteiger partial charge in [0.25, 0.3) is 0 Å². The van der Waals surface area contributed by atoms with Crippen molar-refractivity contribution in [2.24, 2.45) is 0 Å². The van der Waals surface area contributed by atoms with E-state index in [0.29, 0.717) is 18.0 Å². The monoisotopic (exact) mass is 293 g/mol. The maximum atomic E-state index is 10.9. The summed E-state index contributed by atoms with van der Waals surface area (Å²) in [6, 6.07) is 0. The summed E-state index contributed by atoms with van der Waals surface area (Å²) in [6.07, 6.45) is 0.954. The van der Waals surface area contributed by atoms with Crippen LogP contribution < -0.4 is 0 Å². The zero-order valence-corrected chi connectivity index (χ0v) is 12.9. The van der Waals surface area contributed by atoms with Crippen molar-refractivity contribution in [3.63, 3.8) is 0 Å². The lowest BCUT2D eigenvalue weighted by atomic mass is 10.1. The first-order chi connectivity index (χ1) is 10.0. The predicted octanol–water partition coefficient (Wildman–Crippen LogP) is 1.50. The van der Waals surface area contributed by atoms with Crippen molar-refractivity contribution in [3.8, 4) is 0 Å². The molecule has 1 unspecified atom stereocenters. The van der Waals surface area contributed by atoms with Crippen LogP contribution in [0.15, 0.2) is 0 Å². The number of morpholine rings is 1. The van der Waals surface area contributed by atoms with Gasteiger partial charge in [-0.1, -0.05) is 6.92 Å². The molecule has 1 aromatic rings. The molecule has 0 amide bonds. The van der Waals surface area contributed by atoms with Crippen LogP contribution in [0.3, 0.4) is 0 Å². The Morgan fingerprint density at radius 3 is 2.62 bits per heavy atom. The number of rotatable bonds is 5. The molecule has 0 aromatic carbocycles. The minimum absolute atomic E-state index is 0.0363. The number of nitrogens with zero attached hydrogens (tertiary/aromatic N) is 3. The normalized spacial score (nSPS) is 19.7. The molecule has 1 saturated heterocycles. The van der Waals surface area contributed by atoms with E-state index in [9.17, 15) is 4.79 Å². The second-order valence-electron chi connectivity index (χ2n) is 5.46. The zero-order valence-electron chi connectivity index (χ0n) is 12.9. The van der Waals surface area contributed by atoms with Crippen LogP contribution in [0.5, 0.6) is 0 Å². The Bertz CT molecular complexity index is 494. The highest BCUT2D eigenvalue weighted by atomic mass is 16.5. The molecule has 1 N–H and O–H groups in total. The number of carbonyl (C=O) groups is 1. The zero-order chi connectivity index (χ0) is 15.4. The molecular formula is C15H23N3O3. The number of aliphatic carboxylic acids is 1. The lowest BCUT2D eigenvalue weighted by Crippen LogP contribution is -2.39. The second-order valence-corrected chi connectivity index (χ2v) is 5.46. The molecule has 2 rings (SSSR count). The molecular weight excluding hydrogens is 270 g/mol. The van der Waals surface area contributed by atoms with E-state index in [1.54, 1.807) is 0 Å². The van der Waals surface area contributed by atoms with Gasteiger partial charge in [0.1, 0.15) is 6.10 Å². The Morgan fingerprint density at radius 2 is 2.05 bits per heavy atom. The molecule has 2 heterocycles. The molecule has 1 fully saturated rings. The quantitative estimate of drug-likeness (QED) is 0.886. The van der Waals surface area contributed by atoms with Crippen molar-refractivity contribution in [2.45, 2.75) is 39.7 Å². The number of aromatic nitrogens is 2. The number of aryl methyl sites for hydroxylation is 2. The molecule has 0 saturated carbocycles. The molecule has 0 spiro atoms. The van der Waals surface area contributed by atoms with E-state index in [1.165, 1.54) is 0 Å². The number of hydrogen-bond acceptors (Lipinski definition) is 5. The molecule has 6 nitrogen and oxygen atoms in total. The first-order valence-electron chi connectivity index (χ1n) is 7.41. The van der Waals surface area contributed by atoms with Crippen LogP contribution in [0.25, 0.3) is 0 Å². The standard InChI is InChI=1S/C15H23N3O3/c1-4-5-18-6-7-21-13(9-18)15-16-10(2)12(8-14(19)20)11(3)17-15/h13H,4-9H2,1-3H3,(H,19,20). The summed E-state index contributed by atoms with van der Waals surface area (Å²) in [5, 5.41) is 8.94. The van der Waals surface area contributed by atoms with Gasteiger partial charge in [0.05, 0.1) is 13.0 Å². The summed E-state index contributed by atoms with van der Waals surface area (Å²) in [7, 11) is 0. The third-order valence-electron chi connectivity index (χ3n) is 3.74. The Kier molecular flexibility index (Phi) is 5.25. The van der Waals surface area contributed by atoms with Gasteiger partial charge in [-0.15, -0.1) is 0 Å². The van der Waals surface area contributed by atoms with Gasteiger partial charge in [-0.25, -0.2) is 9.97 Å². The van der Waals surface area contributed by atoms with E-state index < -0.39 is 5.97 Å². The van der Waals surface area contributed by atoms with Crippen LogP contribution in [0.2, 0.25) is 0 Å². The van der Waals surface area contributed by atoms with Crippen LogP contribution in [0, 0.1) is 13.8 Å². The van der Waals surface area contributed by atoms with Gasteiger partial charge >= 0.3 is 5.97 Å². The highest BCUT2D eigenvalue weighted by molar-refractivity contribution is 5.70. The van der Waals surface area contributed by atoms with E-state index in [0.717, 1.165) is 37.4 Å². The Morgan fingerprint density at radius 1 is 1.38 bits per heavy atom. The largest absolute Gasteiger partial charge is 0.481 e. The SMILES string of the molecule is CCCN1CCOC(c2nc(C)c(CC(=O)O)c(C)n2)C1. The van der Waals surface area contributed by atoms with E-state index in [-0.39, 0.29) is 12.5 Å². The van der Waals surface area contributed by atoms with E-state index in [2.05, 4.69) is 21.8 Å². The van der Waals surface area contributed by atoms with Gasteiger partial charge in [-0.05, 0) is 26.8 Å². The fourth-order valence-corrected chi connectivity index (χ4v) is 2.69. The van der Waals surface area contributed by atoms with Crippen molar-refractivity contribution < 1.29 is 14.6 Å². The third kappa shape index (κ3) is 3.98. The Hall–Kier alpha value is -1.53. The summed E-state index contributed by atoms with van der Waals surface area (Å²) in [5.74, 6) is -0.194. The van der Waals surface area contributed by atoms with Crippen LogP contribution >= 0.6 is 0 Å². The summed E-state index contributed by atoms with van der Waals surface area (Å²) in [5.41, 5.74) is 2.17. The lowest BCUT2D eigenvalue weighted by Gasteiger charge is -2.32. The summed E-state index contributed by atoms with van der Waals surface area (Å²) < 4.78 is 5.79. The van der Waals surface area contributed by atoms with Crippen LogP contribution in [-0.2, 0) is 16.0 Å². The van der Waals surface area contributed by atoms with Gasteiger partial charge in [0.2, 0.25) is 0 Å². The average Bonchev–Trinajstić information content (AvgIpc) is 2.43. The molecule has 1 aliphatic heterocycles. The number of hydrogen-bond donors (Lipinski definition) is 1. The van der Waals surface area contributed by atoms with Crippen molar-refractivity contribution in [1.29, 1.82) is 0 Å². The highest BCUT2D eigenvalue weighted by Gasteiger charge is 2.25. The van der Waals surface area contributed by atoms with Gasteiger partial charge in [0, 0.05) is 30.0 Å². The first kappa shape index (κ1) is 15.9. The van der Waals surface area contributed by atoms with Crippen molar-refractivity contribution in [3.05, 3.63) is 22.8 Å². The van der Waals surface area contributed by atoms with E-state index >= 15 is 0 Å². The maximum absolute atomic E-state index is 10.9. The molecule has 1 aromatic heterocycles. The lowest BCUT2D eigenvalue weighted by molar-refractivity contribution is -0.136. The second kappa shape index (κ2) is 6.95. The van der Waals surface area contributed by atoms with Crippen molar-refractivity contribution in [1.82, 2.24) is 14.9 Å². The molecule has 1 atom stereocenters. The Balaban J connectivity index is 2.18. The maximum Gasteiger partial charge on any atom is 0.307 e. The molecule has 1 aliphatic rings. The molecule has 21 heavy (non-hydrogen) atoms. The third-order valence-corrected chi connectivity index (χ3v) is 3.74. The predicted molar refractivity (Wildman–Crippen MR) is 78.3 cm³/mol. The molecule has 0 bridgehead atoms. The topological polar surface area (TPSA) is 75.5 Å². The minimum Gasteiger partial charge on any atom is -0.481 e. The van der Waals surface area contributed by atoms with Gasteiger partial charge in [-0.3, -0.25) is 9.69 Å². The summed E-state index contributed by atoms with van der Waals surface area (Å²) >= 11 is 0. The van der Waals surface area contributed by atoms with Crippen molar-refractivity contribution >= 4 is 5.97 Å². The fourth-order valence-electron chi connectivity index (χ4n) is 2.69. The van der Waals surface area contributed by atoms with Crippen LogP contribution in [0.1, 0.15) is 42.2 Å². The molecule has 6 heteroatoms. The van der Waals surface area contributed by atoms with Crippen LogP contribution in [-0.4, -0.2) is 52.2 Å². The number of ether oxygens (including phenoxy) is 1. The summed E-state index contributed by atoms with van der Waals surface area (Å²) in [6.45, 7) is 9.31. The highest BCUT2D eigenvalue weighted by Crippen LogP contribution is 2.22. The number of carboxylic acid groups (broad SMARTS) is 1. The van der Waals surface area contributed by atoms with E-state index in [4.69, 9.17) is 9.84 Å². The smallest absolute Gasteiger partial charge is 0.307 e. The van der Waals surface area contributed by atoms with Gasteiger partial charge < -0.3 is 9.84 Å². The number of carboxylic acids is 1. The Labute approximate surface area is 125 Å². The van der Waals surface area contributed by atoms with Gasteiger partial charge in [-0.2, -0.15) is 0 Å². The summed E-state index contributed by atoms with van der Waals surface area (Å²) in [4.78, 5) is 22.2. The molecule has 0 radical (unpaired) electrons. The molecule has 0 aliphatic carbocycles. The van der Waals surface area contributed by atoms with Crippen molar-refractivity contribution in [2.75, 3.05) is 26.2 Å². The van der Waals surface area contributed by atoms with E-state index in [1.807, 2.05) is 13.8 Å². The van der Waals surface area contributed by atoms with Crippen LogP contribution in [0.4, 0.5) is 0 Å². The molecule has 116 valence electrons. The average molecular weight is 293 g/mol. The van der Waals surface area contributed by atoms with Gasteiger partial charge in [0.15, 0.2) is 5.82 Å². The first-order valence-corrected chi connectivity index (χ1v) is 7.41. The minimum atomic E-state index is -0.861. The fraction of sp³-hybridized carbons (Fsp3) is 0.667.